The normalized spacial score (nSPS) is 15.2. The van der Waals surface area contributed by atoms with Crippen LogP contribution >= 0.6 is 27.3 Å². The lowest BCUT2D eigenvalue weighted by atomic mass is 9.95. The number of fused-ring (bicyclic) bond motifs is 1. The molecule has 0 aliphatic carbocycles. The summed E-state index contributed by atoms with van der Waals surface area (Å²) in [4.78, 5) is 34.2. The minimum Gasteiger partial charge on any atom is -0.493 e. The first-order chi connectivity index (χ1) is 18.5. The summed E-state index contributed by atoms with van der Waals surface area (Å²) in [5.41, 5.74) is 3.16. The summed E-state index contributed by atoms with van der Waals surface area (Å²) in [6.07, 6.45) is 1.79. The number of rotatable bonds is 8. The zero-order chi connectivity index (χ0) is 28.4. The molecule has 1 aliphatic heterocycles. The van der Waals surface area contributed by atoms with Gasteiger partial charge in [0.15, 0.2) is 16.3 Å². The average Bonchev–Trinajstić information content (AvgIpc) is 3.17. The predicted octanol–water partition coefficient (Wildman–Crippen LogP) is 4.42. The number of aromatic nitrogens is 1. The van der Waals surface area contributed by atoms with Gasteiger partial charge < -0.3 is 19.1 Å². The number of anilines is 1. The number of ether oxygens (including phenoxy) is 3. The fraction of sp³-hybridized carbons (Fsp3) is 0.345. The van der Waals surface area contributed by atoms with E-state index in [0.29, 0.717) is 37.7 Å². The maximum atomic E-state index is 13.9. The maximum absolute atomic E-state index is 13.9. The molecule has 10 heteroatoms. The van der Waals surface area contributed by atoms with Gasteiger partial charge in [-0.05, 0) is 85.1 Å². The van der Waals surface area contributed by atoms with Crippen LogP contribution in [-0.4, -0.2) is 44.5 Å². The molecule has 2 aromatic carbocycles. The number of esters is 1. The van der Waals surface area contributed by atoms with Gasteiger partial charge in [0.25, 0.3) is 5.56 Å². The number of carbonyl (C=O) groups excluding carboxylic acids is 1. The van der Waals surface area contributed by atoms with Crippen LogP contribution in [0, 0.1) is 0 Å². The number of benzene rings is 2. The maximum Gasteiger partial charge on any atom is 0.338 e. The summed E-state index contributed by atoms with van der Waals surface area (Å²) in [7, 11) is 5.50. The Hall–Kier alpha value is -3.37. The van der Waals surface area contributed by atoms with E-state index in [4.69, 9.17) is 14.2 Å². The monoisotopic (exact) mass is 613 g/mol. The smallest absolute Gasteiger partial charge is 0.338 e. The minimum atomic E-state index is -0.743. The Bertz CT molecular complexity index is 1620. The summed E-state index contributed by atoms with van der Waals surface area (Å²) in [6.45, 7) is 7.58. The van der Waals surface area contributed by atoms with Crippen molar-refractivity contribution in [3.63, 3.8) is 0 Å². The lowest BCUT2D eigenvalue weighted by molar-refractivity contribution is -0.139. The molecule has 0 amide bonds. The molecule has 3 aromatic rings. The van der Waals surface area contributed by atoms with Gasteiger partial charge in [0.05, 0.1) is 47.4 Å². The van der Waals surface area contributed by atoms with E-state index >= 15 is 0 Å². The van der Waals surface area contributed by atoms with E-state index in [1.165, 1.54) is 11.3 Å². The highest BCUT2D eigenvalue weighted by molar-refractivity contribution is 9.10. The highest BCUT2D eigenvalue weighted by Crippen LogP contribution is 2.36. The third-order valence-corrected chi connectivity index (χ3v) is 7.75. The first kappa shape index (κ1) is 28.6. The van der Waals surface area contributed by atoms with Gasteiger partial charge in [-0.15, -0.1) is 0 Å². The molecule has 0 N–H and O–H groups in total. The van der Waals surface area contributed by atoms with E-state index in [2.05, 4.69) is 20.9 Å². The standard InChI is InChI=1S/C29H32BrN3O5S/c1-8-37-28(35)25-17(4)31-29-33(26(25)19-10-12-22(38-16(2)3)23(15-19)36-7)27(34)24(39-29)14-18-9-11-21(32(5)6)20(30)13-18/h9-16,26H,8H2,1-7H3/b24-14-/t26-/m1/s1. The van der Waals surface area contributed by atoms with Crippen molar-refractivity contribution < 1.29 is 19.0 Å². The Kier molecular flexibility index (Phi) is 8.66. The molecule has 4 rings (SSSR count). The SMILES string of the molecule is CCOC(=O)C1=C(C)N=c2s/c(=C\c3ccc(N(C)C)c(Br)c3)c(=O)n2[C@@H]1c1ccc(OC(C)C)c(OC)c1. The van der Waals surface area contributed by atoms with Crippen LogP contribution in [0.5, 0.6) is 11.5 Å². The van der Waals surface area contributed by atoms with E-state index in [-0.39, 0.29) is 18.3 Å². The summed E-state index contributed by atoms with van der Waals surface area (Å²) in [5, 5.41) is 0. The molecule has 1 aromatic heterocycles. The highest BCUT2D eigenvalue weighted by atomic mass is 79.9. The molecule has 0 unspecified atom stereocenters. The van der Waals surface area contributed by atoms with Crippen LogP contribution < -0.4 is 29.3 Å². The molecule has 0 saturated carbocycles. The van der Waals surface area contributed by atoms with Crippen LogP contribution in [0.3, 0.4) is 0 Å². The van der Waals surface area contributed by atoms with Gasteiger partial charge in [0.2, 0.25) is 0 Å². The van der Waals surface area contributed by atoms with E-state index in [0.717, 1.165) is 15.7 Å². The average molecular weight is 615 g/mol. The summed E-state index contributed by atoms with van der Waals surface area (Å²) in [5.74, 6) is 0.573. The van der Waals surface area contributed by atoms with Crippen molar-refractivity contribution in [3.05, 3.63) is 83.0 Å². The summed E-state index contributed by atoms with van der Waals surface area (Å²) in [6, 6.07) is 10.6. The van der Waals surface area contributed by atoms with E-state index in [1.807, 2.05) is 63.2 Å². The third-order valence-electron chi connectivity index (χ3n) is 6.13. The molecule has 0 radical (unpaired) electrons. The van der Waals surface area contributed by atoms with Crippen LogP contribution in [0.25, 0.3) is 6.08 Å². The summed E-state index contributed by atoms with van der Waals surface area (Å²) < 4.78 is 19.9. The van der Waals surface area contributed by atoms with Gasteiger partial charge in [-0.3, -0.25) is 9.36 Å². The zero-order valence-electron chi connectivity index (χ0n) is 23.1. The minimum absolute atomic E-state index is 0.0496. The summed E-state index contributed by atoms with van der Waals surface area (Å²) >= 11 is 4.90. The Balaban J connectivity index is 1.92. The molecule has 1 aliphatic rings. The van der Waals surface area contributed by atoms with E-state index in [1.54, 1.807) is 37.7 Å². The number of allylic oxidation sites excluding steroid dienone is 1. The Morgan fingerprint density at radius 3 is 2.56 bits per heavy atom. The topological polar surface area (TPSA) is 82.4 Å². The van der Waals surface area contributed by atoms with Crippen molar-refractivity contribution in [2.45, 2.75) is 39.8 Å². The predicted molar refractivity (Wildman–Crippen MR) is 158 cm³/mol. The molecular weight excluding hydrogens is 582 g/mol. The molecule has 2 heterocycles. The van der Waals surface area contributed by atoms with Gasteiger partial charge in [-0.1, -0.05) is 23.5 Å². The molecule has 0 fully saturated rings. The van der Waals surface area contributed by atoms with Crippen molar-refractivity contribution in [1.29, 1.82) is 0 Å². The van der Waals surface area contributed by atoms with Crippen molar-refractivity contribution in [2.24, 2.45) is 4.99 Å². The number of carbonyl (C=O) groups is 1. The fourth-order valence-electron chi connectivity index (χ4n) is 4.44. The van der Waals surface area contributed by atoms with E-state index < -0.39 is 12.0 Å². The third kappa shape index (κ3) is 5.81. The highest BCUT2D eigenvalue weighted by Gasteiger charge is 2.34. The fourth-order valence-corrected chi connectivity index (χ4v) is 6.24. The molecular formula is C29H32BrN3O5S. The number of hydrogen-bond acceptors (Lipinski definition) is 8. The largest absolute Gasteiger partial charge is 0.493 e. The molecule has 0 saturated heterocycles. The number of methoxy groups -OCH3 is 1. The Labute approximate surface area is 240 Å². The molecule has 8 nitrogen and oxygen atoms in total. The Morgan fingerprint density at radius 2 is 1.95 bits per heavy atom. The molecule has 206 valence electrons. The number of halogens is 1. The molecule has 39 heavy (non-hydrogen) atoms. The van der Waals surface area contributed by atoms with E-state index in [9.17, 15) is 9.59 Å². The number of hydrogen-bond donors (Lipinski definition) is 0. The quantitative estimate of drug-likeness (QED) is 0.350. The van der Waals surface area contributed by atoms with Crippen LogP contribution in [0.15, 0.2) is 61.9 Å². The van der Waals surface area contributed by atoms with Crippen LogP contribution in [0.1, 0.15) is 44.9 Å². The van der Waals surface area contributed by atoms with Crippen LogP contribution in [0.2, 0.25) is 0 Å². The number of nitrogens with zero attached hydrogens (tertiary/aromatic N) is 3. The first-order valence-electron chi connectivity index (χ1n) is 12.6. The second-order valence-electron chi connectivity index (χ2n) is 9.48. The zero-order valence-corrected chi connectivity index (χ0v) is 25.5. The second kappa shape index (κ2) is 11.8. The lowest BCUT2D eigenvalue weighted by Gasteiger charge is -2.25. The Morgan fingerprint density at radius 1 is 1.21 bits per heavy atom. The van der Waals surface area contributed by atoms with Crippen molar-refractivity contribution in [1.82, 2.24) is 4.57 Å². The van der Waals surface area contributed by atoms with Gasteiger partial charge in [0, 0.05) is 18.6 Å². The first-order valence-corrected chi connectivity index (χ1v) is 14.2. The second-order valence-corrected chi connectivity index (χ2v) is 11.3. The van der Waals surface area contributed by atoms with Crippen molar-refractivity contribution >= 4 is 45.0 Å². The van der Waals surface area contributed by atoms with Crippen LogP contribution in [0.4, 0.5) is 5.69 Å². The lowest BCUT2D eigenvalue weighted by Crippen LogP contribution is -2.40. The van der Waals surface area contributed by atoms with Crippen molar-refractivity contribution in [2.75, 3.05) is 32.7 Å². The van der Waals surface area contributed by atoms with Gasteiger partial charge in [0.1, 0.15) is 0 Å². The van der Waals surface area contributed by atoms with Gasteiger partial charge >= 0.3 is 5.97 Å². The molecule has 0 bridgehead atoms. The van der Waals surface area contributed by atoms with Gasteiger partial charge in [-0.2, -0.15) is 0 Å². The molecule has 0 spiro atoms. The molecule has 1 atom stereocenters. The van der Waals surface area contributed by atoms with Gasteiger partial charge in [-0.25, -0.2) is 9.79 Å². The van der Waals surface area contributed by atoms with Crippen LogP contribution in [-0.2, 0) is 9.53 Å². The van der Waals surface area contributed by atoms with Crippen molar-refractivity contribution in [3.8, 4) is 11.5 Å². The number of thiazole rings is 1.